The summed E-state index contributed by atoms with van der Waals surface area (Å²) in [7, 11) is 0. The van der Waals surface area contributed by atoms with Crippen LogP contribution in [0.3, 0.4) is 0 Å². The molecule has 0 aromatic heterocycles. The molecule has 154 valence electrons. The fourth-order valence-electron chi connectivity index (χ4n) is 3.21. The summed E-state index contributed by atoms with van der Waals surface area (Å²) in [5, 5.41) is 1.23. The molecule has 0 saturated heterocycles. The van der Waals surface area contributed by atoms with Crippen molar-refractivity contribution in [2.45, 2.75) is 46.8 Å². The molecular weight excluding hydrogens is 375 g/mol. The quantitative estimate of drug-likeness (QED) is 0.777. The molecule has 1 heterocycles. The van der Waals surface area contributed by atoms with Crippen molar-refractivity contribution in [2.75, 3.05) is 6.79 Å². The van der Waals surface area contributed by atoms with Crippen molar-refractivity contribution in [3.05, 3.63) is 64.0 Å². The minimum atomic E-state index is -0.735. The number of hydrazine groups is 1. The van der Waals surface area contributed by atoms with E-state index in [2.05, 4.69) is 5.43 Å². The molecule has 0 fully saturated rings. The molecule has 3 rings (SSSR count). The number of amides is 2. The Hall–Kier alpha value is -2.93. The van der Waals surface area contributed by atoms with Crippen LogP contribution in [0.25, 0.3) is 0 Å². The van der Waals surface area contributed by atoms with E-state index in [4.69, 9.17) is 9.47 Å². The minimum absolute atomic E-state index is 0.0206. The largest absolute Gasteiger partial charge is 0.467 e. The van der Waals surface area contributed by atoms with Gasteiger partial charge in [0.25, 0.3) is 11.8 Å². The first-order chi connectivity index (χ1) is 13.6. The van der Waals surface area contributed by atoms with E-state index in [0.717, 1.165) is 11.1 Å². The van der Waals surface area contributed by atoms with Crippen molar-refractivity contribution < 1.29 is 23.5 Å². The molecule has 0 atom stereocenters. The summed E-state index contributed by atoms with van der Waals surface area (Å²) in [6.45, 7) is 9.23. The maximum absolute atomic E-state index is 14.9. The Morgan fingerprint density at radius 2 is 1.76 bits per heavy atom. The summed E-state index contributed by atoms with van der Waals surface area (Å²) in [6.07, 6.45) is 0. The van der Waals surface area contributed by atoms with Crippen LogP contribution < -0.4 is 10.2 Å². The van der Waals surface area contributed by atoms with Gasteiger partial charge >= 0.3 is 0 Å². The Morgan fingerprint density at radius 1 is 1.10 bits per heavy atom. The number of carbonyl (C=O) groups is 2. The van der Waals surface area contributed by atoms with Gasteiger partial charge in [-0.1, -0.05) is 17.2 Å². The molecule has 2 aromatic carbocycles. The van der Waals surface area contributed by atoms with E-state index in [9.17, 15) is 14.0 Å². The molecule has 2 amide bonds. The molecular formula is C22H25FN2O4. The second kappa shape index (κ2) is 7.83. The summed E-state index contributed by atoms with van der Waals surface area (Å²) in [5.74, 6) is -1.46. The molecule has 1 aliphatic heterocycles. The second-order valence-electron chi connectivity index (χ2n) is 8.14. The van der Waals surface area contributed by atoms with Crippen LogP contribution >= 0.6 is 0 Å². The Bertz CT molecular complexity index is 946. The first kappa shape index (κ1) is 20.8. The number of fused-ring (bicyclic) bond motifs is 1. The predicted molar refractivity (Wildman–Crippen MR) is 106 cm³/mol. The number of ether oxygens (including phenoxy) is 2. The van der Waals surface area contributed by atoms with Gasteiger partial charge in [-0.15, -0.1) is 0 Å². The fourth-order valence-corrected chi connectivity index (χ4v) is 3.21. The molecule has 0 spiro atoms. The Balaban J connectivity index is 1.91. The Labute approximate surface area is 169 Å². The van der Waals surface area contributed by atoms with Gasteiger partial charge in [0.15, 0.2) is 6.79 Å². The number of benzene rings is 2. The molecule has 1 aliphatic rings. The van der Waals surface area contributed by atoms with E-state index in [1.54, 1.807) is 32.9 Å². The van der Waals surface area contributed by atoms with Gasteiger partial charge in [-0.05, 0) is 58.9 Å². The second-order valence-corrected chi connectivity index (χ2v) is 8.14. The van der Waals surface area contributed by atoms with Crippen molar-refractivity contribution in [1.82, 2.24) is 10.4 Å². The van der Waals surface area contributed by atoms with Gasteiger partial charge in [-0.2, -0.15) is 0 Å². The lowest BCUT2D eigenvalue weighted by Crippen LogP contribution is -2.56. The van der Waals surface area contributed by atoms with Crippen LogP contribution in [-0.2, 0) is 11.3 Å². The molecule has 0 saturated carbocycles. The number of nitrogens with zero attached hydrogens (tertiary/aromatic N) is 1. The molecule has 0 aliphatic carbocycles. The van der Waals surface area contributed by atoms with Crippen LogP contribution in [0.1, 0.15) is 58.2 Å². The fraction of sp³-hybridized carbons (Fsp3) is 0.364. The van der Waals surface area contributed by atoms with Gasteiger partial charge in [0.2, 0.25) is 0 Å². The number of halogens is 1. The first-order valence-corrected chi connectivity index (χ1v) is 9.33. The molecule has 7 heteroatoms. The number of rotatable bonds is 2. The lowest BCUT2D eigenvalue weighted by Gasteiger charge is -2.35. The summed E-state index contributed by atoms with van der Waals surface area (Å²) >= 11 is 0. The van der Waals surface area contributed by atoms with Crippen LogP contribution in [-0.4, -0.2) is 29.2 Å². The summed E-state index contributed by atoms with van der Waals surface area (Å²) in [5.41, 5.74) is 4.18. The van der Waals surface area contributed by atoms with Gasteiger partial charge in [-0.25, -0.2) is 9.40 Å². The lowest BCUT2D eigenvalue weighted by molar-refractivity contribution is -0.0183. The highest BCUT2D eigenvalue weighted by Crippen LogP contribution is 2.28. The van der Waals surface area contributed by atoms with E-state index in [1.807, 2.05) is 19.9 Å². The van der Waals surface area contributed by atoms with E-state index >= 15 is 0 Å². The van der Waals surface area contributed by atoms with E-state index in [1.165, 1.54) is 17.1 Å². The summed E-state index contributed by atoms with van der Waals surface area (Å²) in [4.78, 5) is 26.0. The third kappa shape index (κ3) is 4.40. The average molecular weight is 400 g/mol. The third-order valence-corrected chi connectivity index (χ3v) is 4.54. The van der Waals surface area contributed by atoms with E-state index < -0.39 is 17.3 Å². The Kier molecular flexibility index (Phi) is 5.61. The standard InChI is InChI=1S/C22H25FN2O4/c1-13-8-14(2)10-15(9-13)21(27)25(22(3,4)5)24-20(26)16-6-7-18-17(19(16)23)11-28-12-29-18/h6-10H,11-12H2,1-5H3,(H,24,26). The smallest absolute Gasteiger partial charge is 0.272 e. The van der Waals surface area contributed by atoms with E-state index in [-0.39, 0.29) is 30.4 Å². The average Bonchev–Trinajstić information content (AvgIpc) is 2.64. The molecule has 1 N–H and O–H groups in total. The maximum atomic E-state index is 14.9. The van der Waals surface area contributed by atoms with Crippen LogP contribution in [0, 0.1) is 19.7 Å². The summed E-state index contributed by atoms with van der Waals surface area (Å²) in [6, 6.07) is 8.35. The molecule has 0 bridgehead atoms. The van der Waals surface area contributed by atoms with Crippen molar-refractivity contribution in [2.24, 2.45) is 0 Å². The number of aryl methyl sites for hydroxylation is 2. The molecule has 0 radical (unpaired) electrons. The highest BCUT2D eigenvalue weighted by molar-refractivity contribution is 6.00. The van der Waals surface area contributed by atoms with Crippen LogP contribution in [0.5, 0.6) is 5.75 Å². The van der Waals surface area contributed by atoms with Crippen molar-refractivity contribution in [3.63, 3.8) is 0 Å². The normalized spacial score (nSPS) is 13.3. The molecule has 0 unspecified atom stereocenters. The third-order valence-electron chi connectivity index (χ3n) is 4.54. The topological polar surface area (TPSA) is 67.9 Å². The lowest BCUT2D eigenvalue weighted by atomic mass is 10.0. The van der Waals surface area contributed by atoms with Gasteiger partial charge in [0, 0.05) is 5.56 Å². The predicted octanol–water partition coefficient (Wildman–Crippen LogP) is 3.89. The Morgan fingerprint density at radius 3 is 2.38 bits per heavy atom. The zero-order chi connectivity index (χ0) is 21.3. The molecule has 2 aromatic rings. The zero-order valence-electron chi connectivity index (χ0n) is 17.3. The van der Waals surface area contributed by atoms with E-state index in [0.29, 0.717) is 11.3 Å². The highest BCUT2D eigenvalue weighted by atomic mass is 19.1. The number of hydrogen-bond acceptors (Lipinski definition) is 4. The maximum Gasteiger partial charge on any atom is 0.272 e. The van der Waals surface area contributed by atoms with Crippen LogP contribution in [0.15, 0.2) is 30.3 Å². The van der Waals surface area contributed by atoms with Gasteiger partial charge in [0.1, 0.15) is 11.6 Å². The minimum Gasteiger partial charge on any atom is -0.467 e. The zero-order valence-corrected chi connectivity index (χ0v) is 17.3. The number of carbonyl (C=O) groups excluding carboxylic acids is 2. The van der Waals surface area contributed by atoms with Gasteiger partial charge in [-0.3, -0.25) is 15.0 Å². The SMILES string of the molecule is Cc1cc(C)cc(C(=O)N(NC(=O)c2ccc3c(c2F)COCO3)C(C)(C)C)c1. The van der Waals surface area contributed by atoms with Crippen LogP contribution in [0.4, 0.5) is 4.39 Å². The monoisotopic (exact) mass is 400 g/mol. The van der Waals surface area contributed by atoms with Gasteiger partial charge < -0.3 is 9.47 Å². The number of nitrogens with one attached hydrogen (secondary N) is 1. The molecule has 29 heavy (non-hydrogen) atoms. The summed E-state index contributed by atoms with van der Waals surface area (Å²) < 4.78 is 25.2. The van der Waals surface area contributed by atoms with Gasteiger partial charge in [0.05, 0.1) is 23.3 Å². The van der Waals surface area contributed by atoms with Crippen molar-refractivity contribution >= 4 is 11.8 Å². The highest BCUT2D eigenvalue weighted by Gasteiger charge is 2.31. The van der Waals surface area contributed by atoms with Crippen molar-refractivity contribution in [3.8, 4) is 5.75 Å². The van der Waals surface area contributed by atoms with Crippen LogP contribution in [0.2, 0.25) is 0 Å². The number of hydrogen-bond donors (Lipinski definition) is 1. The van der Waals surface area contributed by atoms with Crippen molar-refractivity contribution in [1.29, 1.82) is 0 Å². The molecule has 6 nitrogen and oxygen atoms in total. The first-order valence-electron chi connectivity index (χ1n) is 9.33.